The molecule has 0 aliphatic carbocycles. The van der Waals surface area contributed by atoms with Crippen molar-refractivity contribution in [2.75, 3.05) is 0 Å². The molecule has 0 saturated carbocycles. The van der Waals surface area contributed by atoms with E-state index in [1.165, 1.54) is 0 Å². The van der Waals surface area contributed by atoms with E-state index in [9.17, 15) is 4.79 Å². The van der Waals surface area contributed by atoms with Crippen LogP contribution in [0.4, 0.5) is 0 Å². The molecule has 1 amide bonds. The van der Waals surface area contributed by atoms with Crippen LogP contribution in [0, 0.1) is 6.92 Å². The van der Waals surface area contributed by atoms with Crippen molar-refractivity contribution in [2.45, 2.75) is 38.9 Å². The minimum absolute atomic E-state index is 0.0322. The second-order valence-electron chi connectivity index (χ2n) is 6.03. The van der Waals surface area contributed by atoms with E-state index >= 15 is 0 Å². The first kappa shape index (κ1) is 14.0. The van der Waals surface area contributed by atoms with E-state index in [1.807, 2.05) is 48.1 Å². The number of fused-ring (bicyclic) bond motifs is 2. The number of nitrogens with zero attached hydrogens (tertiary/aromatic N) is 4. The Kier molecular flexibility index (Phi) is 3.37. The molecule has 1 aromatic carbocycles. The van der Waals surface area contributed by atoms with Gasteiger partial charge < -0.3 is 14.5 Å². The van der Waals surface area contributed by atoms with Crippen LogP contribution in [0.1, 0.15) is 18.1 Å². The van der Waals surface area contributed by atoms with Gasteiger partial charge in [-0.25, -0.2) is 9.97 Å². The fraction of sp³-hybridized carbons (Fsp3) is 0.353. The maximum atomic E-state index is 12.4. The highest BCUT2D eigenvalue weighted by Crippen LogP contribution is 2.16. The number of hydrogen-bond donors (Lipinski definition) is 1. The van der Waals surface area contributed by atoms with Gasteiger partial charge in [-0.1, -0.05) is 12.1 Å². The number of hydrogen-bond acceptors (Lipinski definition) is 3. The summed E-state index contributed by atoms with van der Waals surface area (Å²) >= 11 is 0. The molecule has 23 heavy (non-hydrogen) atoms. The molecule has 1 atom stereocenters. The van der Waals surface area contributed by atoms with Gasteiger partial charge in [0.05, 0.1) is 11.0 Å². The minimum Gasteiger partial charge on any atom is -0.350 e. The Morgan fingerprint density at radius 2 is 2.26 bits per heavy atom. The topological polar surface area (TPSA) is 64.7 Å². The van der Waals surface area contributed by atoms with Gasteiger partial charge in [0, 0.05) is 31.4 Å². The Balaban J connectivity index is 1.47. The molecule has 0 spiro atoms. The van der Waals surface area contributed by atoms with E-state index in [2.05, 4.69) is 19.9 Å². The van der Waals surface area contributed by atoms with Gasteiger partial charge in [0.2, 0.25) is 5.91 Å². The lowest BCUT2D eigenvalue weighted by Crippen LogP contribution is -2.42. The van der Waals surface area contributed by atoms with Gasteiger partial charge in [0.1, 0.15) is 18.2 Å². The third kappa shape index (κ3) is 2.60. The van der Waals surface area contributed by atoms with Crippen molar-refractivity contribution in [1.82, 2.24) is 24.4 Å². The molecular weight excluding hydrogens is 290 g/mol. The molecule has 0 saturated heterocycles. The molecule has 6 nitrogen and oxygen atoms in total. The molecule has 6 heteroatoms. The molecular formula is C17H19N5O. The van der Waals surface area contributed by atoms with Crippen LogP contribution in [0.2, 0.25) is 0 Å². The number of carbonyl (C=O) groups is 1. The quantitative estimate of drug-likeness (QED) is 0.800. The molecule has 3 heterocycles. The zero-order valence-electron chi connectivity index (χ0n) is 13.1. The predicted octanol–water partition coefficient (Wildman–Crippen LogP) is 1.67. The molecule has 118 valence electrons. The molecule has 0 fully saturated rings. The first-order valence-corrected chi connectivity index (χ1v) is 7.92. The number of carbonyl (C=O) groups excluding carboxylic acids is 1. The first-order valence-electron chi connectivity index (χ1n) is 7.92. The lowest BCUT2D eigenvalue weighted by molar-refractivity contribution is -0.122. The van der Waals surface area contributed by atoms with Crippen LogP contribution >= 0.6 is 0 Å². The Hall–Kier alpha value is -2.63. The van der Waals surface area contributed by atoms with E-state index in [0.717, 1.165) is 42.1 Å². The highest BCUT2D eigenvalue weighted by Gasteiger charge is 2.21. The largest absolute Gasteiger partial charge is 0.350 e. The molecule has 1 N–H and O–H groups in total. The molecule has 3 aromatic rings. The van der Waals surface area contributed by atoms with E-state index in [1.54, 1.807) is 0 Å². The molecule has 2 aromatic heterocycles. The maximum Gasteiger partial charge on any atom is 0.240 e. The van der Waals surface area contributed by atoms with Crippen LogP contribution in [-0.4, -0.2) is 31.1 Å². The number of aromatic nitrogens is 4. The highest BCUT2D eigenvalue weighted by molar-refractivity contribution is 5.81. The van der Waals surface area contributed by atoms with Crippen LogP contribution in [0.25, 0.3) is 11.0 Å². The SMILES string of the molecule is Cc1nc2ccccc2n1CC(=O)N[C@H]1CCc2nccn2C1. The molecule has 0 radical (unpaired) electrons. The van der Waals surface area contributed by atoms with Gasteiger partial charge in [0.15, 0.2) is 0 Å². The highest BCUT2D eigenvalue weighted by atomic mass is 16.2. The van der Waals surface area contributed by atoms with Crippen molar-refractivity contribution < 1.29 is 4.79 Å². The zero-order valence-corrected chi connectivity index (χ0v) is 13.1. The Bertz CT molecular complexity index is 863. The fourth-order valence-corrected chi connectivity index (χ4v) is 3.30. The van der Waals surface area contributed by atoms with Gasteiger partial charge >= 0.3 is 0 Å². The van der Waals surface area contributed by atoms with Crippen molar-refractivity contribution in [3.8, 4) is 0 Å². The molecule has 1 aliphatic rings. The van der Waals surface area contributed by atoms with Crippen LogP contribution in [-0.2, 0) is 24.3 Å². The molecule has 0 bridgehead atoms. The second kappa shape index (κ2) is 5.53. The summed E-state index contributed by atoms with van der Waals surface area (Å²) in [5.74, 6) is 2.00. The van der Waals surface area contributed by atoms with E-state index in [4.69, 9.17) is 0 Å². The third-order valence-electron chi connectivity index (χ3n) is 4.45. The standard InChI is InChI=1S/C17H19N5O/c1-12-19-14-4-2-3-5-15(14)22(12)11-17(23)20-13-6-7-16-18-8-9-21(16)10-13/h2-5,8-9,13H,6-7,10-11H2,1H3,(H,20,23)/t13-/m0/s1. The number of imidazole rings is 2. The fourth-order valence-electron chi connectivity index (χ4n) is 3.30. The molecule has 1 aliphatic heterocycles. The van der Waals surface area contributed by atoms with E-state index < -0.39 is 0 Å². The summed E-state index contributed by atoms with van der Waals surface area (Å²) < 4.78 is 4.09. The average molecular weight is 309 g/mol. The van der Waals surface area contributed by atoms with E-state index in [0.29, 0.717) is 6.54 Å². The van der Waals surface area contributed by atoms with Crippen molar-refractivity contribution >= 4 is 16.9 Å². The smallest absolute Gasteiger partial charge is 0.240 e. The van der Waals surface area contributed by atoms with E-state index in [-0.39, 0.29) is 11.9 Å². The summed E-state index contributed by atoms with van der Waals surface area (Å²) in [5, 5.41) is 3.14. The van der Waals surface area contributed by atoms with Crippen molar-refractivity contribution in [1.29, 1.82) is 0 Å². The summed E-state index contributed by atoms with van der Waals surface area (Å²) in [7, 11) is 0. The summed E-state index contributed by atoms with van der Waals surface area (Å²) in [6.07, 6.45) is 5.64. The van der Waals surface area contributed by atoms with Crippen LogP contribution < -0.4 is 5.32 Å². The zero-order chi connectivity index (χ0) is 15.8. The number of aryl methyl sites for hydroxylation is 2. The number of amides is 1. The Morgan fingerprint density at radius 3 is 3.17 bits per heavy atom. The molecule has 4 rings (SSSR count). The van der Waals surface area contributed by atoms with Gasteiger partial charge in [-0.3, -0.25) is 4.79 Å². The van der Waals surface area contributed by atoms with Crippen LogP contribution in [0.5, 0.6) is 0 Å². The maximum absolute atomic E-state index is 12.4. The van der Waals surface area contributed by atoms with Crippen molar-refractivity contribution in [3.05, 3.63) is 48.3 Å². The Morgan fingerprint density at radius 1 is 1.39 bits per heavy atom. The van der Waals surface area contributed by atoms with Crippen molar-refractivity contribution in [3.63, 3.8) is 0 Å². The summed E-state index contributed by atoms with van der Waals surface area (Å²) in [6, 6.07) is 8.07. The summed E-state index contributed by atoms with van der Waals surface area (Å²) in [5.41, 5.74) is 1.93. The van der Waals surface area contributed by atoms with Crippen LogP contribution in [0.15, 0.2) is 36.7 Å². The lowest BCUT2D eigenvalue weighted by Gasteiger charge is -2.25. The van der Waals surface area contributed by atoms with Gasteiger partial charge in [-0.15, -0.1) is 0 Å². The number of para-hydroxylation sites is 2. The van der Waals surface area contributed by atoms with Crippen molar-refractivity contribution in [2.24, 2.45) is 0 Å². The van der Waals surface area contributed by atoms with Gasteiger partial charge in [0.25, 0.3) is 0 Å². The van der Waals surface area contributed by atoms with Gasteiger partial charge in [-0.2, -0.15) is 0 Å². The normalized spacial score (nSPS) is 17.2. The lowest BCUT2D eigenvalue weighted by atomic mass is 10.1. The predicted molar refractivity (Wildman–Crippen MR) is 86.9 cm³/mol. The minimum atomic E-state index is 0.0322. The number of rotatable bonds is 3. The Labute approximate surface area is 134 Å². The summed E-state index contributed by atoms with van der Waals surface area (Å²) in [4.78, 5) is 21.3. The number of benzene rings is 1. The van der Waals surface area contributed by atoms with Gasteiger partial charge in [-0.05, 0) is 25.5 Å². The second-order valence-corrected chi connectivity index (χ2v) is 6.03. The third-order valence-corrected chi connectivity index (χ3v) is 4.45. The molecule has 0 unspecified atom stereocenters. The average Bonchev–Trinajstić information content (AvgIpc) is 3.12. The number of nitrogens with one attached hydrogen (secondary N) is 1. The summed E-state index contributed by atoms with van der Waals surface area (Å²) in [6.45, 7) is 3.04. The van der Waals surface area contributed by atoms with Crippen LogP contribution in [0.3, 0.4) is 0 Å². The monoisotopic (exact) mass is 309 g/mol. The first-order chi connectivity index (χ1) is 11.2.